The minimum Gasteiger partial charge on any atom is -0.352 e. The van der Waals surface area contributed by atoms with Gasteiger partial charge in [0, 0.05) is 18.6 Å². The van der Waals surface area contributed by atoms with Crippen molar-refractivity contribution in [2.24, 2.45) is 11.8 Å². The lowest BCUT2D eigenvalue weighted by atomic mass is 9.92. The van der Waals surface area contributed by atoms with Crippen LogP contribution in [0.1, 0.15) is 47.0 Å². The quantitative estimate of drug-likeness (QED) is 0.777. The Kier molecular flexibility index (Phi) is 5.44. The molecule has 4 atom stereocenters. The molecule has 4 heteroatoms. The van der Waals surface area contributed by atoms with Crippen LogP contribution in [-0.4, -0.2) is 48.6 Å². The van der Waals surface area contributed by atoms with Crippen LogP contribution in [0.25, 0.3) is 0 Å². The number of hydrogen-bond donors (Lipinski definition) is 2. The number of fused-ring (bicyclic) bond motifs is 1. The molecule has 2 aliphatic heterocycles. The Morgan fingerprint density at radius 2 is 2.00 bits per heavy atom. The molecule has 0 aliphatic carbocycles. The van der Waals surface area contributed by atoms with Crippen molar-refractivity contribution in [3.63, 3.8) is 0 Å². The highest BCUT2D eigenvalue weighted by molar-refractivity contribution is 5.81. The largest absolute Gasteiger partial charge is 0.352 e. The van der Waals surface area contributed by atoms with E-state index in [9.17, 15) is 4.79 Å². The molecule has 0 aromatic carbocycles. The van der Waals surface area contributed by atoms with E-state index in [0.717, 1.165) is 50.7 Å². The minimum absolute atomic E-state index is 0.00569. The third-order valence-electron chi connectivity index (χ3n) is 5.38. The maximum atomic E-state index is 12.5. The molecule has 2 saturated heterocycles. The first-order chi connectivity index (χ1) is 9.62. The molecule has 4 nitrogen and oxygen atoms in total. The summed E-state index contributed by atoms with van der Waals surface area (Å²) in [6.07, 6.45) is 3.17. The number of nitrogens with one attached hydrogen (secondary N) is 2. The van der Waals surface area contributed by atoms with Crippen LogP contribution in [0.15, 0.2) is 0 Å². The van der Waals surface area contributed by atoms with Gasteiger partial charge in [-0.3, -0.25) is 9.69 Å². The molecule has 0 bridgehead atoms. The molecule has 0 spiro atoms. The van der Waals surface area contributed by atoms with Gasteiger partial charge in [-0.2, -0.15) is 0 Å². The van der Waals surface area contributed by atoms with Crippen LogP contribution in [0.4, 0.5) is 0 Å². The van der Waals surface area contributed by atoms with Gasteiger partial charge in [-0.15, -0.1) is 0 Å². The van der Waals surface area contributed by atoms with E-state index in [4.69, 9.17) is 0 Å². The Morgan fingerprint density at radius 3 is 2.60 bits per heavy atom. The SMILES string of the molecule is CCC(CC)NC(=O)C(C)N1CC2CNCC2C1CC. The second-order valence-corrected chi connectivity index (χ2v) is 6.45. The van der Waals surface area contributed by atoms with Crippen LogP contribution < -0.4 is 10.6 Å². The van der Waals surface area contributed by atoms with Crippen LogP contribution in [0, 0.1) is 11.8 Å². The molecule has 20 heavy (non-hydrogen) atoms. The Morgan fingerprint density at radius 1 is 1.30 bits per heavy atom. The van der Waals surface area contributed by atoms with E-state index in [-0.39, 0.29) is 11.9 Å². The first kappa shape index (κ1) is 15.8. The van der Waals surface area contributed by atoms with Gasteiger partial charge in [0.2, 0.25) is 5.91 Å². The Hall–Kier alpha value is -0.610. The van der Waals surface area contributed by atoms with Crippen LogP contribution in [0.3, 0.4) is 0 Å². The summed E-state index contributed by atoms with van der Waals surface area (Å²) >= 11 is 0. The molecular weight excluding hydrogens is 250 g/mol. The minimum atomic E-state index is 0.00569. The molecule has 116 valence electrons. The lowest BCUT2D eigenvalue weighted by Gasteiger charge is -2.32. The summed E-state index contributed by atoms with van der Waals surface area (Å²) in [7, 11) is 0. The number of carbonyl (C=O) groups is 1. The molecule has 0 aromatic heterocycles. The van der Waals surface area contributed by atoms with Crippen LogP contribution in [0.2, 0.25) is 0 Å². The van der Waals surface area contributed by atoms with Gasteiger partial charge in [0.15, 0.2) is 0 Å². The predicted octanol–water partition coefficient (Wildman–Crippen LogP) is 1.61. The maximum absolute atomic E-state index is 12.5. The summed E-state index contributed by atoms with van der Waals surface area (Å²) in [4.78, 5) is 14.9. The molecule has 1 amide bonds. The molecule has 0 aromatic rings. The van der Waals surface area contributed by atoms with E-state index in [2.05, 4.69) is 43.2 Å². The average molecular weight is 281 g/mol. The third kappa shape index (κ3) is 3.01. The average Bonchev–Trinajstić information content (AvgIpc) is 3.03. The lowest BCUT2D eigenvalue weighted by molar-refractivity contribution is -0.127. The molecule has 2 fully saturated rings. The van der Waals surface area contributed by atoms with Gasteiger partial charge in [-0.05, 0) is 51.1 Å². The van der Waals surface area contributed by atoms with Crippen molar-refractivity contribution in [2.75, 3.05) is 19.6 Å². The van der Waals surface area contributed by atoms with E-state index < -0.39 is 0 Å². The van der Waals surface area contributed by atoms with E-state index in [1.165, 1.54) is 0 Å². The zero-order chi connectivity index (χ0) is 14.7. The van der Waals surface area contributed by atoms with Gasteiger partial charge < -0.3 is 10.6 Å². The van der Waals surface area contributed by atoms with Crippen molar-refractivity contribution < 1.29 is 4.79 Å². The van der Waals surface area contributed by atoms with Crippen LogP contribution in [0.5, 0.6) is 0 Å². The predicted molar refractivity (Wildman–Crippen MR) is 82.6 cm³/mol. The van der Waals surface area contributed by atoms with Crippen molar-refractivity contribution in [2.45, 2.75) is 65.1 Å². The van der Waals surface area contributed by atoms with Gasteiger partial charge in [-0.25, -0.2) is 0 Å². The summed E-state index contributed by atoms with van der Waals surface area (Å²) in [5, 5.41) is 6.71. The van der Waals surface area contributed by atoms with Crippen molar-refractivity contribution in [3.05, 3.63) is 0 Å². The zero-order valence-corrected chi connectivity index (χ0v) is 13.5. The Balaban J connectivity index is 1.97. The highest BCUT2D eigenvalue weighted by Gasteiger charge is 2.45. The van der Waals surface area contributed by atoms with Gasteiger partial charge in [0.1, 0.15) is 0 Å². The van der Waals surface area contributed by atoms with Gasteiger partial charge in [-0.1, -0.05) is 20.8 Å². The highest BCUT2D eigenvalue weighted by atomic mass is 16.2. The smallest absolute Gasteiger partial charge is 0.237 e. The molecular formula is C16H31N3O. The second kappa shape index (κ2) is 6.90. The fourth-order valence-electron chi connectivity index (χ4n) is 4.00. The topological polar surface area (TPSA) is 44.4 Å². The maximum Gasteiger partial charge on any atom is 0.237 e. The highest BCUT2D eigenvalue weighted by Crippen LogP contribution is 2.35. The fourth-order valence-corrected chi connectivity index (χ4v) is 4.00. The number of nitrogens with zero attached hydrogens (tertiary/aromatic N) is 1. The molecule has 4 unspecified atom stereocenters. The van der Waals surface area contributed by atoms with Gasteiger partial charge >= 0.3 is 0 Å². The van der Waals surface area contributed by atoms with Gasteiger partial charge in [0.05, 0.1) is 6.04 Å². The fraction of sp³-hybridized carbons (Fsp3) is 0.938. The second-order valence-electron chi connectivity index (χ2n) is 6.45. The lowest BCUT2D eigenvalue weighted by Crippen LogP contribution is -2.50. The number of hydrogen-bond acceptors (Lipinski definition) is 3. The zero-order valence-electron chi connectivity index (χ0n) is 13.5. The molecule has 2 rings (SSSR count). The van der Waals surface area contributed by atoms with Crippen molar-refractivity contribution in [3.8, 4) is 0 Å². The number of rotatable bonds is 6. The van der Waals surface area contributed by atoms with E-state index in [0.29, 0.717) is 12.1 Å². The Labute approximate surface area is 123 Å². The third-order valence-corrected chi connectivity index (χ3v) is 5.38. The van der Waals surface area contributed by atoms with E-state index in [1.54, 1.807) is 0 Å². The van der Waals surface area contributed by atoms with Crippen LogP contribution >= 0.6 is 0 Å². The first-order valence-corrected chi connectivity index (χ1v) is 8.39. The summed E-state index contributed by atoms with van der Waals surface area (Å²) < 4.78 is 0. The normalized spacial score (nSPS) is 31.6. The molecule has 2 aliphatic rings. The summed E-state index contributed by atoms with van der Waals surface area (Å²) in [5.74, 6) is 1.69. The number of carbonyl (C=O) groups excluding carboxylic acids is 1. The van der Waals surface area contributed by atoms with Crippen molar-refractivity contribution >= 4 is 5.91 Å². The Bertz CT molecular complexity index is 330. The number of likely N-dealkylation sites (tertiary alicyclic amines) is 1. The van der Waals surface area contributed by atoms with Gasteiger partial charge in [0.25, 0.3) is 0 Å². The number of amides is 1. The van der Waals surface area contributed by atoms with E-state index >= 15 is 0 Å². The summed E-state index contributed by atoms with van der Waals surface area (Å²) in [6.45, 7) is 11.9. The monoisotopic (exact) mass is 281 g/mol. The molecule has 2 N–H and O–H groups in total. The van der Waals surface area contributed by atoms with Crippen molar-refractivity contribution in [1.82, 2.24) is 15.5 Å². The standard InChI is InChI=1S/C16H31N3O/c1-5-13(6-2)18-16(20)11(4)19-10-12-8-17-9-14(12)15(19)7-3/h11-15,17H,5-10H2,1-4H3,(H,18,20). The molecule has 0 radical (unpaired) electrons. The summed E-state index contributed by atoms with van der Waals surface area (Å²) in [5.41, 5.74) is 0. The summed E-state index contributed by atoms with van der Waals surface area (Å²) in [6, 6.07) is 0.900. The first-order valence-electron chi connectivity index (χ1n) is 8.39. The van der Waals surface area contributed by atoms with Crippen LogP contribution in [-0.2, 0) is 4.79 Å². The molecule has 2 heterocycles. The van der Waals surface area contributed by atoms with E-state index in [1.807, 2.05) is 0 Å². The molecule has 0 saturated carbocycles. The van der Waals surface area contributed by atoms with Crippen molar-refractivity contribution in [1.29, 1.82) is 0 Å².